The summed E-state index contributed by atoms with van der Waals surface area (Å²) in [6.45, 7) is 2.03. The quantitative estimate of drug-likeness (QED) is 0.669. The minimum Gasteiger partial charge on any atom is -0.373 e. The first-order chi connectivity index (χ1) is 16.9. The summed E-state index contributed by atoms with van der Waals surface area (Å²) in [6.07, 6.45) is 6.60. The number of allylic oxidation sites excluding steroid dienone is 2. The van der Waals surface area contributed by atoms with Gasteiger partial charge in [-0.25, -0.2) is 13.5 Å². The van der Waals surface area contributed by atoms with Crippen LogP contribution in [0.5, 0.6) is 0 Å². The molecule has 1 aromatic carbocycles. The Morgan fingerprint density at radius 1 is 1.09 bits per heavy atom. The zero-order valence-electron chi connectivity index (χ0n) is 19.4. The van der Waals surface area contributed by atoms with Crippen LogP contribution in [-0.2, 0) is 26.0 Å². The minimum atomic E-state index is -3.23. The molecule has 1 aromatic heterocycles. The third-order valence-corrected chi connectivity index (χ3v) is 9.84. The second kappa shape index (κ2) is 8.69. The molecule has 3 heterocycles. The van der Waals surface area contributed by atoms with Crippen LogP contribution < -0.4 is 5.56 Å². The molecule has 2 aliphatic carbocycles. The van der Waals surface area contributed by atoms with E-state index in [0.717, 1.165) is 35.9 Å². The molecule has 35 heavy (non-hydrogen) atoms. The monoisotopic (exact) mass is 496 g/mol. The SMILES string of the molecule is O=C(C1=CC(Cc2n[nH]c(=O)c3ccccc23)=CC2CCOC12)N1CCN(S(=O)(=O)C2CC2)CC1. The van der Waals surface area contributed by atoms with E-state index in [9.17, 15) is 18.0 Å². The summed E-state index contributed by atoms with van der Waals surface area (Å²) >= 11 is 0. The van der Waals surface area contributed by atoms with Gasteiger partial charge in [0.15, 0.2) is 0 Å². The number of carbonyl (C=O) groups is 1. The molecule has 1 amide bonds. The number of carbonyl (C=O) groups excluding carboxylic acids is 1. The Kier molecular flexibility index (Phi) is 5.62. The molecule has 1 N–H and O–H groups in total. The van der Waals surface area contributed by atoms with Gasteiger partial charge in [0.05, 0.1) is 22.4 Å². The molecule has 2 saturated heterocycles. The van der Waals surface area contributed by atoms with Crippen LogP contribution in [0.4, 0.5) is 0 Å². The minimum absolute atomic E-state index is 0.0877. The van der Waals surface area contributed by atoms with Crippen molar-refractivity contribution in [2.45, 2.75) is 37.0 Å². The molecule has 3 fully saturated rings. The number of H-pyrrole nitrogens is 1. The van der Waals surface area contributed by atoms with E-state index in [4.69, 9.17) is 4.74 Å². The molecule has 0 bridgehead atoms. The number of rotatable bonds is 5. The lowest BCUT2D eigenvalue weighted by Gasteiger charge is -2.36. The van der Waals surface area contributed by atoms with Crippen LogP contribution in [0.15, 0.2) is 52.4 Å². The Labute approximate surface area is 203 Å². The van der Waals surface area contributed by atoms with Crippen molar-refractivity contribution in [3.8, 4) is 0 Å². The lowest BCUT2D eigenvalue weighted by molar-refractivity contribution is -0.129. The van der Waals surface area contributed by atoms with Crippen molar-refractivity contribution >= 4 is 26.7 Å². The van der Waals surface area contributed by atoms with Crippen LogP contribution >= 0.6 is 0 Å². The van der Waals surface area contributed by atoms with E-state index in [1.54, 1.807) is 11.0 Å². The number of amides is 1. The molecule has 9 nitrogen and oxygen atoms in total. The van der Waals surface area contributed by atoms with Crippen molar-refractivity contribution in [1.29, 1.82) is 0 Å². The second-order valence-electron chi connectivity index (χ2n) is 9.74. The standard InChI is InChI=1S/C25H28N4O5S/c30-24-20-4-2-1-3-19(20)22(26-27-24)15-16-13-17-7-12-34-23(17)21(14-16)25(31)28-8-10-29(11-9-28)35(32,33)18-5-6-18/h1-4,13-14,17-18,23H,5-12,15H2,(H,27,30). The lowest BCUT2D eigenvalue weighted by atomic mass is 9.85. The summed E-state index contributed by atoms with van der Waals surface area (Å²) in [4.78, 5) is 27.5. The average molecular weight is 497 g/mol. The highest BCUT2D eigenvalue weighted by atomic mass is 32.2. The molecule has 0 radical (unpaired) electrons. The highest BCUT2D eigenvalue weighted by molar-refractivity contribution is 7.90. The fourth-order valence-corrected chi connectivity index (χ4v) is 7.23. The summed E-state index contributed by atoms with van der Waals surface area (Å²) in [5, 5.41) is 8.05. The van der Waals surface area contributed by atoms with E-state index in [2.05, 4.69) is 16.3 Å². The third kappa shape index (κ3) is 4.13. The fourth-order valence-electron chi connectivity index (χ4n) is 5.40. The number of benzene rings is 1. The first kappa shape index (κ1) is 22.6. The normalized spacial score (nSPS) is 25.3. The molecule has 0 spiro atoms. The van der Waals surface area contributed by atoms with Gasteiger partial charge in [0.25, 0.3) is 11.5 Å². The number of aromatic nitrogens is 2. The van der Waals surface area contributed by atoms with Crippen molar-refractivity contribution in [3.63, 3.8) is 0 Å². The number of sulfonamides is 1. The highest BCUT2D eigenvalue weighted by Crippen LogP contribution is 2.36. The summed E-state index contributed by atoms with van der Waals surface area (Å²) in [7, 11) is -3.23. The Morgan fingerprint density at radius 3 is 2.57 bits per heavy atom. The maximum Gasteiger partial charge on any atom is 0.272 e. The van der Waals surface area contributed by atoms with Crippen molar-refractivity contribution in [2.75, 3.05) is 32.8 Å². The van der Waals surface area contributed by atoms with Crippen molar-refractivity contribution in [2.24, 2.45) is 5.92 Å². The maximum atomic E-state index is 13.6. The molecule has 2 aliphatic heterocycles. The molecule has 2 aromatic rings. The lowest BCUT2D eigenvalue weighted by Crippen LogP contribution is -2.52. The summed E-state index contributed by atoms with van der Waals surface area (Å²) < 4.78 is 32.6. The molecular formula is C25H28N4O5S. The first-order valence-electron chi connectivity index (χ1n) is 12.2. The van der Waals surface area contributed by atoms with E-state index in [1.165, 1.54) is 4.31 Å². The highest BCUT2D eigenvalue weighted by Gasteiger charge is 2.43. The van der Waals surface area contributed by atoms with Gasteiger partial charge in [-0.15, -0.1) is 0 Å². The van der Waals surface area contributed by atoms with Gasteiger partial charge >= 0.3 is 0 Å². The number of fused-ring (bicyclic) bond motifs is 2. The van der Waals surface area contributed by atoms with Crippen molar-refractivity contribution < 1.29 is 17.9 Å². The Hall–Kier alpha value is -2.82. The van der Waals surface area contributed by atoms with Crippen LogP contribution in [0, 0.1) is 5.92 Å². The van der Waals surface area contributed by atoms with Crippen LogP contribution in [0.25, 0.3) is 10.8 Å². The van der Waals surface area contributed by atoms with Crippen molar-refractivity contribution in [3.05, 3.63) is 63.6 Å². The molecule has 10 heteroatoms. The smallest absolute Gasteiger partial charge is 0.272 e. The van der Waals surface area contributed by atoms with Gasteiger partial charge in [0, 0.05) is 56.1 Å². The molecule has 2 atom stereocenters. The molecular weight excluding hydrogens is 468 g/mol. The van der Waals surface area contributed by atoms with Crippen LogP contribution in [0.1, 0.15) is 25.0 Å². The number of nitrogens with zero attached hydrogens (tertiary/aromatic N) is 3. The number of ether oxygens (including phenoxy) is 1. The summed E-state index contributed by atoms with van der Waals surface area (Å²) in [6, 6.07) is 7.39. The number of nitrogens with one attached hydrogen (secondary N) is 1. The molecule has 4 aliphatic rings. The predicted octanol–water partition coefficient (Wildman–Crippen LogP) is 1.37. The topological polar surface area (TPSA) is 113 Å². The molecule has 2 unspecified atom stereocenters. The Bertz CT molecular complexity index is 1400. The molecule has 6 rings (SSSR count). The van der Waals surface area contributed by atoms with Gasteiger partial charge < -0.3 is 9.64 Å². The van der Waals surface area contributed by atoms with Gasteiger partial charge in [0.1, 0.15) is 0 Å². The Balaban J connectivity index is 1.23. The van der Waals surface area contributed by atoms with Crippen LogP contribution in [0.3, 0.4) is 0 Å². The second-order valence-corrected chi connectivity index (χ2v) is 12.0. The van der Waals surface area contributed by atoms with Gasteiger partial charge in [-0.2, -0.15) is 9.40 Å². The summed E-state index contributed by atoms with van der Waals surface area (Å²) in [5.41, 5.74) is 2.13. The van der Waals surface area contributed by atoms with Crippen LogP contribution in [0.2, 0.25) is 0 Å². The van der Waals surface area contributed by atoms with Crippen LogP contribution in [-0.4, -0.2) is 77.9 Å². The van der Waals surface area contributed by atoms with E-state index in [-0.39, 0.29) is 28.7 Å². The molecule has 184 valence electrons. The van der Waals surface area contributed by atoms with E-state index in [1.807, 2.05) is 24.3 Å². The molecule has 1 saturated carbocycles. The zero-order valence-corrected chi connectivity index (χ0v) is 20.2. The van der Waals surface area contributed by atoms with E-state index in [0.29, 0.717) is 50.2 Å². The zero-order chi connectivity index (χ0) is 24.2. The van der Waals surface area contributed by atoms with E-state index >= 15 is 0 Å². The Morgan fingerprint density at radius 2 is 1.83 bits per heavy atom. The summed E-state index contributed by atoms with van der Waals surface area (Å²) in [5.74, 6) is 0.0229. The number of hydrogen-bond donors (Lipinski definition) is 1. The third-order valence-electron chi connectivity index (χ3n) is 7.44. The van der Waals surface area contributed by atoms with E-state index < -0.39 is 10.0 Å². The number of piperazine rings is 1. The van der Waals surface area contributed by atoms with Gasteiger partial charge in [0.2, 0.25) is 10.0 Å². The fraction of sp³-hybridized carbons (Fsp3) is 0.480. The number of hydrogen-bond acceptors (Lipinski definition) is 6. The van der Waals surface area contributed by atoms with Gasteiger partial charge in [-0.3, -0.25) is 9.59 Å². The first-order valence-corrected chi connectivity index (χ1v) is 13.7. The van der Waals surface area contributed by atoms with Gasteiger partial charge in [-0.05, 0) is 37.0 Å². The largest absolute Gasteiger partial charge is 0.373 e. The number of aromatic amines is 1. The van der Waals surface area contributed by atoms with Gasteiger partial charge in [-0.1, -0.05) is 24.3 Å². The van der Waals surface area contributed by atoms with Crippen molar-refractivity contribution in [1.82, 2.24) is 19.4 Å². The predicted molar refractivity (Wildman–Crippen MR) is 130 cm³/mol. The maximum absolute atomic E-state index is 13.6. The average Bonchev–Trinajstić information content (AvgIpc) is 3.64.